The minimum Gasteiger partial charge on any atom is -0.444 e. The highest BCUT2D eigenvalue weighted by molar-refractivity contribution is 5.68. The highest BCUT2D eigenvalue weighted by Gasteiger charge is 2.25. The van der Waals surface area contributed by atoms with Crippen molar-refractivity contribution in [3.05, 3.63) is 35.4 Å². The van der Waals surface area contributed by atoms with Gasteiger partial charge in [-0.15, -0.1) is 0 Å². The maximum absolute atomic E-state index is 13.0. The van der Waals surface area contributed by atoms with E-state index in [1.165, 1.54) is 0 Å². The summed E-state index contributed by atoms with van der Waals surface area (Å²) in [6.07, 6.45) is -1.86. The highest BCUT2D eigenvalue weighted by atomic mass is 19.1. The first-order valence-corrected chi connectivity index (χ1v) is 6.53. The minimum atomic E-state index is -1.12. The molecule has 1 aromatic rings. The molecule has 2 atom stereocenters. The summed E-state index contributed by atoms with van der Waals surface area (Å²) >= 11 is 0. The van der Waals surface area contributed by atoms with Gasteiger partial charge in [0.25, 0.3) is 0 Å². The van der Waals surface area contributed by atoms with Crippen molar-refractivity contribution in [2.45, 2.75) is 45.4 Å². The Labute approximate surface area is 119 Å². The second-order valence-corrected chi connectivity index (χ2v) is 5.76. The molecule has 0 aromatic heterocycles. The van der Waals surface area contributed by atoms with Crippen LogP contribution in [0.4, 0.5) is 9.18 Å². The van der Waals surface area contributed by atoms with Crippen molar-refractivity contribution in [2.75, 3.05) is 6.67 Å². The Kier molecular flexibility index (Phi) is 5.51. The Balaban J connectivity index is 2.70. The van der Waals surface area contributed by atoms with Crippen LogP contribution in [-0.2, 0) is 4.74 Å². The maximum atomic E-state index is 13.0. The van der Waals surface area contributed by atoms with Crippen LogP contribution < -0.4 is 5.32 Å². The summed E-state index contributed by atoms with van der Waals surface area (Å²) in [7, 11) is 0. The van der Waals surface area contributed by atoms with Crippen molar-refractivity contribution < 1.29 is 19.0 Å². The molecule has 112 valence electrons. The molecule has 20 heavy (non-hydrogen) atoms. The predicted octanol–water partition coefficient (Wildman–Crippen LogP) is 2.89. The van der Waals surface area contributed by atoms with Gasteiger partial charge in [0.1, 0.15) is 18.4 Å². The van der Waals surface area contributed by atoms with Gasteiger partial charge in [-0.2, -0.15) is 0 Å². The van der Waals surface area contributed by atoms with E-state index < -0.39 is 30.5 Å². The van der Waals surface area contributed by atoms with Crippen molar-refractivity contribution in [3.8, 4) is 0 Å². The number of ether oxygens (including phenoxy) is 1. The number of aliphatic hydroxyl groups is 1. The zero-order valence-electron chi connectivity index (χ0n) is 12.3. The third-order valence-corrected chi connectivity index (χ3v) is 2.67. The molecule has 0 aliphatic heterocycles. The number of hydrogen-bond acceptors (Lipinski definition) is 3. The standard InChI is InChI=1S/C15H22FNO3/c1-10-5-7-11(8-6-10)13(18)12(9-16)17-14(19)20-15(2,3)4/h5-8,12-13,18H,9H2,1-4H3,(H,17,19). The molecule has 4 nitrogen and oxygen atoms in total. The average molecular weight is 283 g/mol. The number of carbonyl (C=O) groups excluding carboxylic acids is 1. The number of benzene rings is 1. The fourth-order valence-electron chi connectivity index (χ4n) is 1.66. The molecule has 0 aliphatic rings. The van der Waals surface area contributed by atoms with Gasteiger partial charge in [-0.1, -0.05) is 29.8 Å². The predicted molar refractivity (Wildman–Crippen MR) is 75.3 cm³/mol. The van der Waals surface area contributed by atoms with Crippen LogP contribution in [0.3, 0.4) is 0 Å². The van der Waals surface area contributed by atoms with E-state index in [1.807, 2.05) is 19.1 Å². The molecule has 0 spiro atoms. The van der Waals surface area contributed by atoms with Crippen LogP contribution >= 0.6 is 0 Å². The maximum Gasteiger partial charge on any atom is 0.408 e. The molecule has 1 rings (SSSR count). The number of hydrogen-bond donors (Lipinski definition) is 2. The molecule has 0 saturated carbocycles. The van der Waals surface area contributed by atoms with E-state index in [1.54, 1.807) is 32.9 Å². The van der Waals surface area contributed by atoms with Gasteiger partial charge >= 0.3 is 6.09 Å². The van der Waals surface area contributed by atoms with Crippen molar-refractivity contribution in [2.24, 2.45) is 0 Å². The van der Waals surface area contributed by atoms with Gasteiger partial charge in [0.05, 0.1) is 6.04 Å². The first-order valence-electron chi connectivity index (χ1n) is 6.53. The molecule has 0 fully saturated rings. The number of alkyl halides is 1. The normalized spacial score (nSPS) is 14.5. The molecule has 5 heteroatoms. The number of nitrogens with one attached hydrogen (secondary N) is 1. The first-order chi connectivity index (χ1) is 9.23. The fraction of sp³-hybridized carbons (Fsp3) is 0.533. The average Bonchev–Trinajstić information content (AvgIpc) is 2.34. The van der Waals surface area contributed by atoms with Crippen LogP contribution in [0.1, 0.15) is 38.0 Å². The molecule has 0 bridgehead atoms. The molecule has 0 radical (unpaired) electrons. The van der Waals surface area contributed by atoms with Crippen molar-refractivity contribution in [3.63, 3.8) is 0 Å². The lowest BCUT2D eigenvalue weighted by Crippen LogP contribution is -2.43. The van der Waals surface area contributed by atoms with Gasteiger partial charge in [0.15, 0.2) is 0 Å². The summed E-state index contributed by atoms with van der Waals surface area (Å²) in [5, 5.41) is 12.5. The van der Waals surface area contributed by atoms with E-state index in [0.717, 1.165) is 5.56 Å². The van der Waals surface area contributed by atoms with Gasteiger partial charge in [0, 0.05) is 0 Å². The lowest BCUT2D eigenvalue weighted by atomic mass is 10.0. The second kappa shape index (κ2) is 6.70. The second-order valence-electron chi connectivity index (χ2n) is 5.76. The van der Waals surface area contributed by atoms with Crippen LogP contribution in [0.25, 0.3) is 0 Å². The van der Waals surface area contributed by atoms with Gasteiger partial charge in [-0.05, 0) is 33.3 Å². The van der Waals surface area contributed by atoms with Gasteiger partial charge in [-0.3, -0.25) is 0 Å². The van der Waals surface area contributed by atoms with Crippen LogP contribution in [-0.4, -0.2) is 29.5 Å². The van der Waals surface area contributed by atoms with E-state index in [9.17, 15) is 14.3 Å². The Morgan fingerprint density at radius 1 is 1.35 bits per heavy atom. The highest BCUT2D eigenvalue weighted by Crippen LogP contribution is 2.18. The van der Waals surface area contributed by atoms with E-state index in [2.05, 4.69) is 5.32 Å². The Hall–Kier alpha value is -1.62. The number of alkyl carbamates (subject to hydrolysis) is 1. The molecule has 1 aromatic carbocycles. The topological polar surface area (TPSA) is 58.6 Å². The number of rotatable bonds is 4. The van der Waals surface area contributed by atoms with Crippen LogP contribution in [0, 0.1) is 6.92 Å². The molecule has 2 N–H and O–H groups in total. The summed E-state index contributed by atoms with van der Waals surface area (Å²) < 4.78 is 18.1. The van der Waals surface area contributed by atoms with Crippen molar-refractivity contribution in [1.82, 2.24) is 5.32 Å². The number of halogens is 1. The van der Waals surface area contributed by atoms with Crippen LogP contribution in [0.5, 0.6) is 0 Å². The molecule has 0 heterocycles. The number of amides is 1. The molecular formula is C15H22FNO3. The Morgan fingerprint density at radius 3 is 2.35 bits per heavy atom. The largest absolute Gasteiger partial charge is 0.444 e. The molecule has 0 aliphatic carbocycles. The quantitative estimate of drug-likeness (QED) is 0.893. The monoisotopic (exact) mass is 283 g/mol. The fourth-order valence-corrected chi connectivity index (χ4v) is 1.66. The summed E-state index contributed by atoms with van der Waals surface area (Å²) in [5.74, 6) is 0. The van der Waals surface area contributed by atoms with Crippen molar-refractivity contribution in [1.29, 1.82) is 0 Å². The van der Waals surface area contributed by atoms with E-state index in [0.29, 0.717) is 5.56 Å². The minimum absolute atomic E-state index is 0.550. The summed E-state index contributed by atoms with van der Waals surface area (Å²) in [5.41, 5.74) is 0.923. The summed E-state index contributed by atoms with van der Waals surface area (Å²) in [6, 6.07) is 6.02. The molecular weight excluding hydrogens is 261 g/mol. The zero-order chi connectivity index (χ0) is 15.3. The smallest absolute Gasteiger partial charge is 0.408 e. The van der Waals surface area contributed by atoms with Crippen molar-refractivity contribution >= 4 is 6.09 Å². The van der Waals surface area contributed by atoms with E-state index >= 15 is 0 Å². The Morgan fingerprint density at radius 2 is 1.90 bits per heavy atom. The number of carbonyl (C=O) groups is 1. The molecule has 0 saturated heterocycles. The zero-order valence-corrected chi connectivity index (χ0v) is 12.3. The van der Waals surface area contributed by atoms with Gasteiger partial charge < -0.3 is 15.2 Å². The van der Waals surface area contributed by atoms with Gasteiger partial charge in [0.2, 0.25) is 0 Å². The molecule has 2 unspecified atom stereocenters. The molecule has 1 amide bonds. The third-order valence-electron chi connectivity index (χ3n) is 2.67. The Bertz CT molecular complexity index is 439. The van der Waals surface area contributed by atoms with Crippen LogP contribution in [0.2, 0.25) is 0 Å². The van der Waals surface area contributed by atoms with E-state index in [4.69, 9.17) is 4.74 Å². The third kappa shape index (κ3) is 5.17. The summed E-state index contributed by atoms with van der Waals surface area (Å²) in [4.78, 5) is 11.6. The SMILES string of the molecule is Cc1ccc(C(O)C(CF)NC(=O)OC(C)(C)C)cc1. The number of aliphatic hydroxyl groups excluding tert-OH is 1. The summed E-state index contributed by atoms with van der Waals surface area (Å²) in [6.45, 7) is 6.18. The lowest BCUT2D eigenvalue weighted by Gasteiger charge is -2.25. The van der Waals surface area contributed by atoms with Gasteiger partial charge in [-0.25, -0.2) is 9.18 Å². The van der Waals surface area contributed by atoms with Crippen LogP contribution in [0.15, 0.2) is 24.3 Å². The lowest BCUT2D eigenvalue weighted by molar-refractivity contribution is 0.0396. The van der Waals surface area contributed by atoms with E-state index in [-0.39, 0.29) is 0 Å². The number of aryl methyl sites for hydroxylation is 1. The first kappa shape index (κ1) is 16.4.